The summed E-state index contributed by atoms with van der Waals surface area (Å²) in [5.41, 5.74) is 0.563. The van der Waals surface area contributed by atoms with Gasteiger partial charge in [-0.15, -0.1) is 0 Å². The standard InChI is InChI=1S/C18H19FN4O5/c1-28-18-5-2-14(19)10-13(18)12-20-6-8-21(9-7-20)16-4-3-15(22(24)25)11-17(16)23(26)27/h2-5,10-11H,6-9,12H2,1H3/p+1. The zero-order valence-corrected chi connectivity index (χ0v) is 15.3. The normalized spacial score (nSPS) is 14.7. The summed E-state index contributed by atoms with van der Waals surface area (Å²) in [6.45, 7) is 3.05. The number of anilines is 1. The Labute approximate surface area is 160 Å². The van der Waals surface area contributed by atoms with Crippen molar-refractivity contribution in [3.05, 3.63) is 68.0 Å². The highest BCUT2D eigenvalue weighted by molar-refractivity contribution is 5.66. The Hall–Kier alpha value is -3.27. The van der Waals surface area contributed by atoms with Crippen LogP contribution in [0.1, 0.15) is 5.56 Å². The van der Waals surface area contributed by atoms with Crippen molar-refractivity contribution >= 4 is 17.1 Å². The largest absolute Gasteiger partial charge is 0.496 e. The Morgan fingerprint density at radius 1 is 1.11 bits per heavy atom. The lowest BCUT2D eigenvalue weighted by molar-refractivity contribution is -0.914. The molecule has 0 aromatic heterocycles. The summed E-state index contributed by atoms with van der Waals surface area (Å²) in [6, 6.07) is 8.10. The van der Waals surface area contributed by atoms with E-state index < -0.39 is 9.85 Å². The predicted molar refractivity (Wildman–Crippen MR) is 99.3 cm³/mol. The fourth-order valence-corrected chi connectivity index (χ4v) is 3.43. The third kappa shape index (κ3) is 4.17. The van der Waals surface area contributed by atoms with E-state index in [4.69, 9.17) is 4.74 Å². The van der Waals surface area contributed by atoms with Crippen LogP contribution in [0.25, 0.3) is 0 Å². The molecule has 1 aliphatic heterocycles. The molecule has 2 aromatic carbocycles. The third-order valence-electron chi connectivity index (χ3n) is 4.86. The van der Waals surface area contributed by atoms with Gasteiger partial charge in [0.25, 0.3) is 11.4 Å². The van der Waals surface area contributed by atoms with E-state index in [9.17, 15) is 24.6 Å². The maximum atomic E-state index is 13.5. The van der Waals surface area contributed by atoms with E-state index in [-0.39, 0.29) is 17.2 Å². The zero-order chi connectivity index (χ0) is 20.3. The molecule has 0 spiro atoms. The van der Waals surface area contributed by atoms with Crippen LogP contribution in [0.3, 0.4) is 0 Å². The van der Waals surface area contributed by atoms with E-state index in [2.05, 4.69) is 0 Å². The maximum Gasteiger partial charge on any atom is 0.299 e. The van der Waals surface area contributed by atoms with Crippen LogP contribution in [0.15, 0.2) is 36.4 Å². The number of piperazine rings is 1. The molecule has 0 atom stereocenters. The predicted octanol–water partition coefficient (Wildman–Crippen LogP) is 1.56. The van der Waals surface area contributed by atoms with Gasteiger partial charge >= 0.3 is 0 Å². The maximum absolute atomic E-state index is 13.5. The Balaban J connectivity index is 1.71. The lowest BCUT2D eigenvalue weighted by atomic mass is 10.1. The lowest BCUT2D eigenvalue weighted by Gasteiger charge is -2.33. The average molecular weight is 391 g/mol. The SMILES string of the molecule is COc1ccc(F)cc1C[NH+]1CCN(c2ccc([N+](=O)[O-])cc2[N+](=O)[O-])CC1. The first-order valence-electron chi connectivity index (χ1n) is 8.73. The van der Waals surface area contributed by atoms with Gasteiger partial charge in [-0.3, -0.25) is 20.2 Å². The number of methoxy groups -OCH3 is 1. The molecule has 1 saturated heterocycles. The summed E-state index contributed by atoms with van der Waals surface area (Å²) < 4.78 is 18.8. The highest BCUT2D eigenvalue weighted by Gasteiger charge is 2.28. The van der Waals surface area contributed by atoms with Gasteiger partial charge in [-0.05, 0) is 24.3 Å². The number of quaternary nitrogens is 1. The molecule has 1 heterocycles. The van der Waals surface area contributed by atoms with Gasteiger partial charge in [-0.25, -0.2) is 4.39 Å². The molecule has 0 unspecified atom stereocenters. The van der Waals surface area contributed by atoms with Gasteiger partial charge in [0.15, 0.2) is 0 Å². The minimum absolute atomic E-state index is 0.274. The van der Waals surface area contributed by atoms with Crippen LogP contribution in [-0.4, -0.2) is 43.1 Å². The second-order valence-electron chi connectivity index (χ2n) is 6.56. The molecule has 0 aliphatic carbocycles. The number of benzene rings is 2. The topological polar surface area (TPSA) is 103 Å². The van der Waals surface area contributed by atoms with Crippen LogP contribution >= 0.6 is 0 Å². The van der Waals surface area contributed by atoms with Crippen molar-refractivity contribution < 1.29 is 23.9 Å². The van der Waals surface area contributed by atoms with Crippen molar-refractivity contribution in [1.29, 1.82) is 0 Å². The van der Waals surface area contributed by atoms with E-state index in [1.807, 2.05) is 4.90 Å². The molecule has 28 heavy (non-hydrogen) atoms. The number of nitrogens with zero attached hydrogens (tertiary/aromatic N) is 3. The zero-order valence-electron chi connectivity index (χ0n) is 15.3. The molecule has 0 amide bonds. The van der Waals surface area contributed by atoms with Crippen molar-refractivity contribution in [3.8, 4) is 5.75 Å². The molecule has 1 aliphatic rings. The molecular weight excluding hydrogens is 371 g/mol. The summed E-state index contributed by atoms with van der Waals surface area (Å²) in [6.07, 6.45) is 0. The Bertz CT molecular complexity index is 900. The number of nitro benzene ring substituents is 2. The van der Waals surface area contributed by atoms with Crippen LogP contribution in [0.2, 0.25) is 0 Å². The second-order valence-corrected chi connectivity index (χ2v) is 6.56. The minimum Gasteiger partial charge on any atom is -0.496 e. The monoisotopic (exact) mass is 391 g/mol. The summed E-state index contributed by atoms with van der Waals surface area (Å²) in [5, 5.41) is 22.2. The van der Waals surface area contributed by atoms with Crippen LogP contribution in [0.4, 0.5) is 21.5 Å². The number of ether oxygens (including phenoxy) is 1. The van der Waals surface area contributed by atoms with E-state index in [1.54, 1.807) is 6.07 Å². The van der Waals surface area contributed by atoms with E-state index >= 15 is 0 Å². The van der Waals surface area contributed by atoms with E-state index in [0.717, 1.165) is 11.6 Å². The van der Waals surface area contributed by atoms with Gasteiger partial charge in [0.05, 0.1) is 54.8 Å². The summed E-state index contributed by atoms with van der Waals surface area (Å²) in [7, 11) is 1.54. The molecule has 1 fully saturated rings. The number of hydrogen-bond donors (Lipinski definition) is 1. The third-order valence-corrected chi connectivity index (χ3v) is 4.86. The first-order chi connectivity index (χ1) is 13.4. The molecular formula is C18H20FN4O5+. The molecule has 2 aromatic rings. The van der Waals surface area contributed by atoms with Crippen molar-refractivity contribution in [2.45, 2.75) is 6.54 Å². The number of halogens is 1. The van der Waals surface area contributed by atoms with Crippen molar-refractivity contribution in [2.24, 2.45) is 0 Å². The lowest BCUT2D eigenvalue weighted by Crippen LogP contribution is -3.13. The fourth-order valence-electron chi connectivity index (χ4n) is 3.43. The molecule has 148 valence electrons. The van der Waals surface area contributed by atoms with Crippen LogP contribution in [0, 0.1) is 26.0 Å². The molecule has 0 saturated carbocycles. The van der Waals surface area contributed by atoms with Gasteiger partial charge in [0.2, 0.25) is 0 Å². The van der Waals surface area contributed by atoms with Gasteiger partial charge in [-0.1, -0.05) is 0 Å². The molecule has 1 N–H and O–H groups in total. The first-order valence-corrected chi connectivity index (χ1v) is 8.73. The Kier molecular flexibility index (Phi) is 5.69. The summed E-state index contributed by atoms with van der Waals surface area (Å²) >= 11 is 0. The molecule has 10 heteroatoms. The van der Waals surface area contributed by atoms with E-state index in [1.165, 1.54) is 36.3 Å². The van der Waals surface area contributed by atoms with Crippen molar-refractivity contribution in [2.75, 3.05) is 38.2 Å². The highest BCUT2D eigenvalue weighted by Crippen LogP contribution is 2.32. The molecule has 0 radical (unpaired) electrons. The highest BCUT2D eigenvalue weighted by atomic mass is 19.1. The van der Waals surface area contributed by atoms with Crippen LogP contribution in [-0.2, 0) is 6.54 Å². The van der Waals surface area contributed by atoms with Crippen molar-refractivity contribution in [3.63, 3.8) is 0 Å². The van der Waals surface area contributed by atoms with Crippen LogP contribution in [0.5, 0.6) is 5.75 Å². The number of hydrogen-bond acceptors (Lipinski definition) is 6. The molecule has 9 nitrogen and oxygen atoms in total. The number of rotatable bonds is 6. The quantitative estimate of drug-likeness (QED) is 0.592. The van der Waals surface area contributed by atoms with Gasteiger partial charge in [-0.2, -0.15) is 0 Å². The van der Waals surface area contributed by atoms with Crippen molar-refractivity contribution in [1.82, 2.24) is 0 Å². The Morgan fingerprint density at radius 3 is 2.43 bits per heavy atom. The Morgan fingerprint density at radius 2 is 1.82 bits per heavy atom. The van der Waals surface area contributed by atoms with E-state index in [0.29, 0.717) is 44.2 Å². The van der Waals surface area contributed by atoms with Crippen LogP contribution < -0.4 is 14.5 Å². The van der Waals surface area contributed by atoms with Gasteiger partial charge in [0.1, 0.15) is 23.8 Å². The number of nitrogens with one attached hydrogen (secondary N) is 1. The average Bonchev–Trinajstić information content (AvgIpc) is 2.68. The summed E-state index contributed by atoms with van der Waals surface area (Å²) in [5.74, 6) is 0.303. The molecule has 3 rings (SSSR count). The van der Waals surface area contributed by atoms with Gasteiger partial charge < -0.3 is 14.5 Å². The van der Waals surface area contributed by atoms with Gasteiger partial charge in [0, 0.05) is 6.07 Å². The first kappa shape index (κ1) is 19.5. The molecule has 0 bridgehead atoms. The number of non-ortho nitro benzene ring substituents is 1. The fraction of sp³-hybridized carbons (Fsp3) is 0.333. The number of nitro groups is 2. The second kappa shape index (κ2) is 8.17. The summed E-state index contributed by atoms with van der Waals surface area (Å²) in [4.78, 5) is 24.0. The smallest absolute Gasteiger partial charge is 0.299 e. The minimum atomic E-state index is -0.648.